The molecular weight excluding hydrogens is 376 g/mol. The molecule has 0 aromatic carbocycles. The van der Waals surface area contributed by atoms with Gasteiger partial charge < -0.3 is 20.4 Å². The summed E-state index contributed by atoms with van der Waals surface area (Å²) in [5, 5.41) is 34.0. The van der Waals surface area contributed by atoms with Crippen molar-refractivity contribution in [3.05, 3.63) is 0 Å². The summed E-state index contributed by atoms with van der Waals surface area (Å²) in [6.07, 6.45) is -7.74. The first-order valence-corrected chi connectivity index (χ1v) is 11.0. The summed E-state index contributed by atoms with van der Waals surface area (Å²) in [5.74, 6) is 0. The van der Waals surface area contributed by atoms with Crippen molar-refractivity contribution in [2.24, 2.45) is 5.41 Å². The van der Waals surface area contributed by atoms with Crippen molar-refractivity contribution >= 4 is 57.1 Å². The van der Waals surface area contributed by atoms with Gasteiger partial charge in [-0.2, -0.15) is 0 Å². The Morgan fingerprint density at radius 3 is 1.00 bits per heavy atom. The predicted octanol–water partition coefficient (Wildman–Crippen LogP) is 2.12. The van der Waals surface area contributed by atoms with Crippen LogP contribution in [0.25, 0.3) is 0 Å². The minimum atomic E-state index is -3.87. The van der Waals surface area contributed by atoms with Crippen molar-refractivity contribution in [2.45, 2.75) is 0 Å². The molecule has 0 amide bonds. The lowest BCUT2D eigenvalue weighted by Gasteiger charge is -2.23. The molecule has 0 atom stereocenters. The monoisotopic (exact) mass is 386 g/mol. The third kappa shape index (κ3) is 12.5. The lowest BCUT2D eigenvalue weighted by atomic mass is 9.93. The van der Waals surface area contributed by atoms with Crippen molar-refractivity contribution in [1.82, 2.24) is 0 Å². The summed E-state index contributed by atoms with van der Waals surface area (Å²) in [4.78, 5) is 0. The number of hydrogen-bond donors (Lipinski definition) is 4. The van der Waals surface area contributed by atoms with Crippen LogP contribution in [0.3, 0.4) is 0 Å². The minimum Gasteiger partial charge on any atom is -0.396 e. The second-order valence-electron chi connectivity index (χ2n) is 3.04. The van der Waals surface area contributed by atoms with E-state index in [4.69, 9.17) is 65.4 Å². The van der Waals surface area contributed by atoms with Crippen LogP contribution in [0.1, 0.15) is 0 Å². The fraction of sp³-hybridized carbons (Fsp3) is 1.00. The molecule has 0 aliphatic carbocycles. The highest BCUT2D eigenvalue weighted by molar-refractivity contribution is 8.15. The molecule has 0 fully saturated rings. The molecule has 0 radical (unpaired) electrons. The van der Waals surface area contributed by atoms with Gasteiger partial charge in [-0.15, -0.1) is 0 Å². The molecule has 18 heavy (non-hydrogen) atoms. The Labute approximate surface area is 123 Å². The van der Waals surface area contributed by atoms with Gasteiger partial charge in [0, 0.05) is 0 Å². The van der Waals surface area contributed by atoms with Gasteiger partial charge in [-0.3, -0.25) is 9.13 Å². The van der Waals surface area contributed by atoms with Gasteiger partial charge in [-0.1, -0.05) is 0 Å². The highest BCUT2D eigenvalue weighted by Crippen LogP contribution is 2.74. The Morgan fingerprint density at radius 1 is 0.778 bits per heavy atom. The molecule has 0 bridgehead atoms. The molecule has 0 spiro atoms. The Morgan fingerprint density at radius 2 is 1.00 bits per heavy atom. The number of hydrogen-bond acceptors (Lipinski definition) is 7. The van der Waals surface area contributed by atoms with Gasteiger partial charge in [0.05, 0.1) is 31.8 Å². The number of aliphatic hydroxyl groups excluding tert-OH is 4. The van der Waals surface area contributed by atoms with Gasteiger partial charge >= 0.3 is 12.1 Å². The molecule has 0 aliphatic heterocycles. The van der Waals surface area contributed by atoms with Crippen molar-refractivity contribution in [3.63, 3.8) is 0 Å². The molecule has 0 aromatic rings. The van der Waals surface area contributed by atoms with Crippen molar-refractivity contribution in [1.29, 1.82) is 0 Å². The highest BCUT2D eigenvalue weighted by Gasteiger charge is 2.27. The van der Waals surface area contributed by atoms with Crippen molar-refractivity contribution in [3.8, 4) is 0 Å². The van der Waals surface area contributed by atoms with E-state index < -0.39 is 44.0 Å². The zero-order valence-electron chi connectivity index (χ0n) is 8.75. The molecule has 0 heterocycles. The number of aliphatic hydroxyl groups is 4. The van der Waals surface area contributed by atoms with Crippen LogP contribution in [-0.4, -0.2) is 46.9 Å². The quantitative estimate of drug-likeness (QED) is 0.514. The summed E-state index contributed by atoms with van der Waals surface area (Å²) in [5.41, 5.74) is -1.11. The number of halogens is 4. The van der Waals surface area contributed by atoms with E-state index in [1.165, 1.54) is 0 Å². The van der Waals surface area contributed by atoms with Gasteiger partial charge in [-0.25, -0.2) is 4.31 Å². The van der Waals surface area contributed by atoms with Crippen LogP contribution < -0.4 is 0 Å². The topological polar surface area (TPSA) is 124 Å². The fourth-order valence-corrected chi connectivity index (χ4v) is 5.56. The molecule has 4 N–H and O–H groups in total. The van der Waals surface area contributed by atoms with Gasteiger partial charge in [0.2, 0.25) is 0 Å². The molecule has 0 saturated heterocycles. The van der Waals surface area contributed by atoms with E-state index in [0.717, 1.165) is 0 Å². The summed E-state index contributed by atoms with van der Waals surface area (Å²) in [6, 6.07) is 0. The molecule has 7 nitrogen and oxygen atoms in total. The Hall–Kier alpha value is 1.42. The average molecular weight is 388 g/mol. The van der Waals surface area contributed by atoms with Crippen LogP contribution in [0.4, 0.5) is 0 Å². The summed E-state index contributed by atoms with van der Waals surface area (Å²) in [6.45, 7) is -1.62. The largest absolute Gasteiger partial charge is 0.396 e. The summed E-state index contributed by atoms with van der Waals surface area (Å²) in [7, 11) is 0. The smallest absolute Gasteiger partial charge is 0.387 e. The van der Waals surface area contributed by atoms with Gasteiger partial charge in [0.15, 0.2) is 0 Å². The van der Waals surface area contributed by atoms with Crippen LogP contribution in [0.15, 0.2) is 0 Å². The molecule has 0 unspecified atom stereocenters. The van der Waals surface area contributed by atoms with Crippen LogP contribution in [0.2, 0.25) is 0 Å². The Balaban J connectivity index is 0. The zero-order chi connectivity index (χ0) is 15.0. The first-order valence-electron chi connectivity index (χ1n) is 4.09. The van der Waals surface area contributed by atoms with E-state index in [1.54, 1.807) is 0 Å². The van der Waals surface area contributed by atoms with E-state index in [2.05, 4.69) is 4.31 Å². The molecule has 13 heteroatoms. The molecule has 0 aliphatic rings. The van der Waals surface area contributed by atoms with Crippen LogP contribution in [-0.2, 0) is 13.4 Å². The van der Waals surface area contributed by atoms with E-state index in [9.17, 15) is 9.13 Å². The van der Waals surface area contributed by atoms with E-state index >= 15 is 0 Å². The maximum Gasteiger partial charge on any atom is 0.387 e. The maximum atomic E-state index is 10.2. The average Bonchev–Trinajstić information content (AvgIpc) is 2.17. The highest BCUT2D eigenvalue weighted by atomic mass is 35.9. The molecule has 0 rings (SSSR count). The Bertz CT molecular complexity index is 273. The predicted molar refractivity (Wildman–Crippen MR) is 70.5 cm³/mol. The second kappa shape index (κ2) is 9.37. The van der Waals surface area contributed by atoms with Crippen molar-refractivity contribution in [2.75, 3.05) is 26.4 Å². The summed E-state index contributed by atoms with van der Waals surface area (Å²) < 4.78 is 24.2. The molecule has 0 aromatic heterocycles. The third-order valence-corrected chi connectivity index (χ3v) is 5.27. The van der Waals surface area contributed by atoms with Crippen molar-refractivity contribution < 1.29 is 33.9 Å². The zero-order valence-corrected chi connectivity index (χ0v) is 13.6. The van der Waals surface area contributed by atoms with Crippen LogP contribution >= 0.6 is 57.1 Å². The third-order valence-electron chi connectivity index (χ3n) is 1.53. The van der Waals surface area contributed by atoms with E-state index in [1.807, 2.05) is 0 Å². The molecule has 0 saturated carbocycles. The van der Waals surface area contributed by atoms with E-state index in [0.29, 0.717) is 0 Å². The van der Waals surface area contributed by atoms with E-state index in [-0.39, 0.29) is 0 Å². The fourth-order valence-electron chi connectivity index (χ4n) is 0.411. The molecule has 112 valence electrons. The van der Waals surface area contributed by atoms with Crippen LogP contribution in [0.5, 0.6) is 0 Å². The maximum absolute atomic E-state index is 10.2. The lowest BCUT2D eigenvalue weighted by molar-refractivity contribution is -0.0328. The van der Waals surface area contributed by atoms with Gasteiger partial charge in [0.25, 0.3) is 0 Å². The Kier molecular flexibility index (Phi) is 11.3. The molecular formula is C5H12Cl4O7P2. The SMILES string of the molecule is O=P(Cl)(Cl)OP(=O)(Cl)Cl.OCC(CO)(CO)CO. The van der Waals surface area contributed by atoms with Crippen LogP contribution in [0, 0.1) is 5.41 Å². The summed E-state index contributed by atoms with van der Waals surface area (Å²) >= 11 is 19.1. The first kappa shape index (κ1) is 21.7. The lowest BCUT2D eigenvalue weighted by Crippen LogP contribution is -2.37. The van der Waals surface area contributed by atoms with Gasteiger partial charge in [-0.05, 0) is 45.0 Å². The standard InChI is InChI=1S/C5H12O4.Cl4O3P2/c6-1-5(2-7,3-8)4-9;1-8(2,5)7-9(3,4)6/h6-9H,1-4H2;. The van der Waals surface area contributed by atoms with Gasteiger partial charge in [0.1, 0.15) is 0 Å². The minimum absolute atomic E-state index is 0.406. The second-order valence-corrected chi connectivity index (χ2v) is 11.7. The first-order chi connectivity index (χ1) is 7.95. The normalized spacial score (nSPS) is 12.9. The number of rotatable bonds is 6.